The lowest BCUT2D eigenvalue weighted by Crippen LogP contribution is -2.15. The van der Waals surface area contributed by atoms with E-state index in [1.807, 2.05) is 0 Å². The number of carbonyl (C=O) groups is 1. The van der Waals surface area contributed by atoms with Crippen LogP contribution in [0.25, 0.3) is 0 Å². The summed E-state index contributed by atoms with van der Waals surface area (Å²) < 4.78 is 62.5. The minimum Gasteiger partial charge on any atom is -0.481 e. The van der Waals surface area contributed by atoms with E-state index >= 15 is 0 Å². The van der Waals surface area contributed by atoms with E-state index in [9.17, 15) is 26.7 Å². The van der Waals surface area contributed by atoms with Crippen molar-refractivity contribution < 1.29 is 31.9 Å². The van der Waals surface area contributed by atoms with Crippen LogP contribution in [0, 0.1) is 6.92 Å². The van der Waals surface area contributed by atoms with Gasteiger partial charge in [0.05, 0.1) is 6.42 Å². The smallest absolute Gasteiger partial charge is 0.433 e. The van der Waals surface area contributed by atoms with Gasteiger partial charge in [0.15, 0.2) is 5.69 Å². The summed E-state index contributed by atoms with van der Waals surface area (Å²) in [6, 6.07) is 0.546. The molecule has 0 aromatic carbocycles. The average Bonchev–Trinajstić information content (AvgIpc) is 2.17. The van der Waals surface area contributed by atoms with Crippen molar-refractivity contribution in [2.24, 2.45) is 0 Å². The Balaban J connectivity index is 3.39. The number of aryl methyl sites for hydroxylation is 1. The second-order valence-electron chi connectivity index (χ2n) is 3.54. The Labute approximate surface area is 98.3 Å². The van der Waals surface area contributed by atoms with Gasteiger partial charge < -0.3 is 5.11 Å². The van der Waals surface area contributed by atoms with Crippen molar-refractivity contribution >= 4 is 5.97 Å². The number of aromatic nitrogens is 1. The lowest BCUT2D eigenvalue weighted by atomic mass is 10.1. The van der Waals surface area contributed by atoms with Crippen molar-refractivity contribution in [2.75, 3.05) is 0 Å². The molecule has 1 aromatic rings. The number of pyridine rings is 1. The topological polar surface area (TPSA) is 50.2 Å². The van der Waals surface area contributed by atoms with Gasteiger partial charge in [-0.2, -0.15) is 13.2 Å². The first-order chi connectivity index (χ1) is 8.12. The van der Waals surface area contributed by atoms with Crippen molar-refractivity contribution in [1.82, 2.24) is 4.98 Å². The summed E-state index contributed by atoms with van der Waals surface area (Å²) in [6.45, 7) is 1.14. The normalized spacial score (nSPS) is 11.9. The van der Waals surface area contributed by atoms with Gasteiger partial charge in [0, 0.05) is 11.3 Å². The molecule has 18 heavy (non-hydrogen) atoms. The fourth-order valence-electron chi connectivity index (χ4n) is 1.40. The molecule has 8 heteroatoms. The van der Waals surface area contributed by atoms with Crippen molar-refractivity contribution in [3.05, 3.63) is 28.6 Å². The number of carboxylic acid groups (broad SMARTS) is 1. The molecular formula is C10H8F5NO2. The zero-order valence-corrected chi connectivity index (χ0v) is 9.05. The third-order valence-corrected chi connectivity index (χ3v) is 2.19. The minimum absolute atomic E-state index is 0.161. The van der Waals surface area contributed by atoms with Crippen LogP contribution in [0.15, 0.2) is 6.07 Å². The summed E-state index contributed by atoms with van der Waals surface area (Å²) in [5, 5.41) is 8.51. The van der Waals surface area contributed by atoms with Crippen molar-refractivity contribution in [3.63, 3.8) is 0 Å². The van der Waals surface area contributed by atoms with E-state index in [1.165, 1.54) is 0 Å². The monoisotopic (exact) mass is 269 g/mol. The summed E-state index contributed by atoms with van der Waals surface area (Å²) in [5.41, 5.74) is -3.37. The van der Waals surface area contributed by atoms with E-state index in [-0.39, 0.29) is 11.3 Å². The third kappa shape index (κ3) is 3.14. The SMILES string of the molecule is Cc1nc(C(F)(F)F)c(C(F)F)cc1CC(=O)O. The van der Waals surface area contributed by atoms with Crippen molar-refractivity contribution in [2.45, 2.75) is 25.9 Å². The van der Waals surface area contributed by atoms with Gasteiger partial charge in [-0.05, 0) is 18.6 Å². The first kappa shape index (κ1) is 14.3. The maximum absolute atomic E-state index is 12.5. The van der Waals surface area contributed by atoms with E-state index in [4.69, 9.17) is 5.11 Å². The molecule has 0 atom stereocenters. The standard InChI is InChI=1S/C10H8F5NO2/c1-4-5(3-7(17)18)2-6(9(11)12)8(16-4)10(13,14)15/h2,9H,3H2,1H3,(H,17,18). The van der Waals surface area contributed by atoms with Crippen LogP contribution in [0.4, 0.5) is 22.0 Å². The van der Waals surface area contributed by atoms with Gasteiger partial charge in [0.2, 0.25) is 0 Å². The van der Waals surface area contributed by atoms with Crippen LogP contribution < -0.4 is 0 Å². The molecule has 1 N–H and O–H groups in total. The molecule has 1 aromatic heterocycles. The van der Waals surface area contributed by atoms with Gasteiger partial charge in [0.25, 0.3) is 6.43 Å². The largest absolute Gasteiger partial charge is 0.481 e. The maximum atomic E-state index is 12.5. The summed E-state index contributed by atoms with van der Waals surface area (Å²) in [4.78, 5) is 13.5. The van der Waals surface area contributed by atoms with E-state index in [1.54, 1.807) is 0 Å². The Morgan fingerprint density at radius 1 is 1.44 bits per heavy atom. The number of carboxylic acids is 1. The molecule has 0 aliphatic heterocycles. The van der Waals surface area contributed by atoms with Gasteiger partial charge >= 0.3 is 12.1 Å². The lowest BCUT2D eigenvalue weighted by Gasteiger charge is -2.14. The molecule has 0 saturated carbocycles. The number of hydrogen-bond acceptors (Lipinski definition) is 2. The molecule has 0 radical (unpaired) electrons. The fourth-order valence-corrected chi connectivity index (χ4v) is 1.40. The molecule has 0 aliphatic rings. The molecule has 0 unspecified atom stereocenters. The van der Waals surface area contributed by atoms with Crippen LogP contribution in [0.3, 0.4) is 0 Å². The number of aliphatic carboxylic acids is 1. The number of nitrogens with zero attached hydrogens (tertiary/aromatic N) is 1. The first-order valence-electron chi connectivity index (χ1n) is 4.70. The zero-order valence-electron chi connectivity index (χ0n) is 9.05. The summed E-state index contributed by atoms with van der Waals surface area (Å²) >= 11 is 0. The third-order valence-electron chi connectivity index (χ3n) is 2.19. The Hall–Kier alpha value is -1.73. The minimum atomic E-state index is -5.00. The van der Waals surface area contributed by atoms with Gasteiger partial charge in [-0.1, -0.05) is 0 Å². The molecule has 1 rings (SSSR count). The molecule has 1 heterocycles. The highest BCUT2D eigenvalue weighted by Gasteiger charge is 2.38. The van der Waals surface area contributed by atoms with Crippen molar-refractivity contribution in [3.8, 4) is 0 Å². The summed E-state index contributed by atoms with van der Waals surface area (Å²) in [6.07, 6.45) is -9.03. The number of rotatable bonds is 3. The number of hydrogen-bond donors (Lipinski definition) is 1. The molecule has 0 saturated heterocycles. The van der Waals surface area contributed by atoms with Gasteiger partial charge in [-0.3, -0.25) is 4.79 Å². The van der Waals surface area contributed by atoms with Crippen LogP contribution in [-0.4, -0.2) is 16.1 Å². The molecule has 0 aliphatic carbocycles. The fraction of sp³-hybridized carbons (Fsp3) is 0.400. The van der Waals surface area contributed by atoms with Crippen LogP contribution in [0.1, 0.15) is 28.9 Å². The predicted molar refractivity (Wildman–Crippen MR) is 50.3 cm³/mol. The molecule has 0 amide bonds. The van der Waals surface area contributed by atoms with Crippen LogP contribution >= 0.6 is 0 Å². The van der Waals surface area contributed by atoms with Crippen molar-refractivity contribution in [1.29, 1.82) is 0 Å². The van der Waals surface area contributed by atoms with E-state index in [0.717, 1.165) is 6.92 Å². The second kappa shape index (κ2) is 4.87. The average molecular weight is 269 g/mol. The molecular weight excluding hydrogens is 261 g/mol. The Bertz CT molecular complexity index is 470. The Morgan fingerprint density at radius 3 is 2.39 bits per heavy atom. The number of alkyl halides is 5. The van der Waals surface area contributed by atoms with Crippen LogP contribution in [-0.2, 0) is 17.4 Å². The van der Waals surface area contributed by atoms with Crippen LogP contribution in [0.5, 0.6) is 0 Å². The Morgan fingerprint density at radius 2 is 2.00 bits per heavy atom. The second-order valence-corrected chi connectivity index (χ2v) is 3.54. The van der Waals surface area contributed by atoms with Gasteiger partial charge in [-0.15, -0.1) is 0 Å². The molecule has 0 bridgehead atoms. The van der Waals surface area contributed by atoms with Gasteiger partial charge in [0.1, 0.15) is 0 Å². The quantitative estimate of drug-likeness (QED) is 0.858. The Kier molecular flexibility index (Phi) is 3.88. The van der Waals surface area contributed by atoms with E-state index in [2.05, 4.69) is 4.98 Å². The highest BCUT2D eigenvalue weighted by molar-refractivity contribution is 5.70. The molecule has 3 nitrogen and oxygen atoms in total. The highest BCUT2D eigenvalue weighted by Crippen LogP contribution is 2.35. The highest BCUT2D eigenvalue weighted by atomic mass is 19.4. The molecule has 100 valence electrons. The van der Waals surface area contributed by atoms with E-state index < -0.39 is 36.2 Å². The number of halogens is 5. The summed E-state index contributed by atoms with van der Waals surface area (Å²) in [7, 11) is 0. The van der Waals surface area contributed by atoms with Crippen LogP contribution in [0.2, 0.25) is 0 Å². The molecule has 0 fully saturated rings. The molecule has 0 spiro atoms. The van der Waals surface area contributed by atoms with E-state index in [0.29, 0.717) is 6.07 Å². The first-order valence-corrected chi connectivity index (χ1v) is 4.70. The van der Waals surface area contributed by atoms with Gasteiger partial charge in [-0.25, -0.2) is 13.8 Å². The summed E-state index contributed by atoms with van der Waals surface area (Å²) in [5.74, 6) is -1.33. The maximum Gasteiger partial charge on any atom is 0.433 e. The predicted octanol–water partition coefficient (Wildman–Crippen LogP) is 2.97. The zero-order chi connectivity index (χ0) is 14.1. The lowest BCUT2D eigenvalue weighted by molar-refractivity contribution is -0.143.